The van der Waals surface area contributed by atoms with Crippen LogP contribution >= 0.6 is 0 Å². The van der Waals surface area contributed by atoms with Crippen LogP contribution < -0.4 is 5.73 Å². The van der Waals surface area contributed by atoms with Gasteiger partial charge in [0, 0.05) is 51.9 Å². The highest BCUT2D eigenvalue weighted by molar-refractivity contribution is 5.75. The van der Waals surface area contributed by atoms with Crippen molar-refractivity contribution in [3.8, 4) is 11.1 Å². The topological polar surface area (TPSA) is 99.3 Å². The number of carbonyl (C=O) groups excluding carboxylic acids is 1. The molecular weight excluding hydrogens is 454 g/mol. The van der Waals surface area contributed by atoms with Crippen LogP contribution in [0.5, 0.6) is 0 Å². The van der Waals surface area contributed by atoms with Crippen molar-refractivity contribution in [2.24, 2.45) is 11.7 Å². The molecule has 0 aromatic heterocycles. The lowest BCUT2D eigenvalue weighted by molar-refractivity contribution is -0.0571. The molecule has 36 heavy (non-hydrogen) atoms. The molecule has 1 unspecified atom stereocenters. The number of unbranched alkanes of at least 4 members (excludes halogenated alkanes) is 1. The first kappa shape index (κ1) is 26.6. The SMILES string of the molecule is COCCCC[C@@](O)(c1ccccc1-c1ccc(C)cc1)C1CCCN(C(=O)N2C[C@@H](N)[C@@H](O)C2)C1. The van der Waals surface area contributed by atoms with E-state index in [0.29, 0.717) is 32.7 Å². The second-order valence-electron chi connectivity index (χ2n) is 10.5. The Labute approximate surface area is 214 Å². The van der Waals surface area contributed by atoms with Crippen molar-refractivity contribution >= 4 is 6.03 Å². The fourth-order valence-corrected chi connectivity index (χ4v) is 5.75. The Bertz CT molecular complexity index is 1000. The van der Waals surface area contributed by atoms with E-state index in [1.165, 1.54) is 5.56 Å². The molecule has 4 atom stereocenters. The zero-order chi connectivity index (χ0) is 25.7. The number of urea groups is 1. The Morgan fingerprint density at radius 2 is 1.83 bits per heavy atom. The van der Waals surface area contributed by atoms with Crippen LogP contribution in [0, 0.1) is 12.8 Å². The van der Waals surface area contributed by atoms with Crippen LogP contribution in [-0.2, 0) is 10.3 Å². The van der Waals surface area contributed by atoms with E-state index in [0.717, 1.165) is 42.4 Å². The number of ether oxygens (including phenoxy) is 1. The molecule has 2 amide bonds. The number of rotatable bonds is 8. The van der Waals surface area contributed by atoms with Gasteiger partial charge in [-0.1, -0.05) is 54.1 Å². The Balaban J connectivity index is 1.63. The van der Waals surface area contributed by atoms with Crippen LogP contribution in [0.25, 0.3) is 11.1 Å². The van der Waals surface area contributed by atoms with Crippen molar-refractivity contribution in [2.45, 2.75) is 56.8 Å². The molecule has 2 aromatic rings. The van der Waals surface area contributed by atoms with Gasteiger partial charge in [0.1, 0.15) is 0 Å². The van der Waals surface area contributed by atoms with Gasteiger partial charge in [-0.25, -0.2) is 4.79 Å². The minimum absolute atomic E-state index is 0.0970. The summed E-state index contributed by atoms with van der Waals surface area (Å²) in [5.41, 5.74) is 9.09. The van der Waals surface area contributed by atoms with Gasteiger partial charge in [-0.3, -0.25) is 0 Å². The standard InChI is InChI=1S/C29H41N3O4/c1-21-11-13-22(14-12-21)24-9-3-4-10-25(24)29(35,15-5-6-17-36-2)23-8-7-16-31(18-23)28(34)32-19-26(30)27(33)20-32/h3-4,9-14,23,26-27,33,35H,5-8,15-20,30H2,1-2H3/t23?,26-,27+,29+/m1/s1. The molecule has 2 aliphatic heterocycles. The Morgan fingerprint density at radius 3 is 2.53 bits per heavy atom. The third-order valence-electron chi connectivity index (χ3n) is 7.88. The molecule has 2 fully saturated rings. The predicted octanol–water partition coefficient (Wildman–Crippen LogP) is 3.50. The van der Waals surface area contributed by atoms with Crippen molar-refractivity contribution in [3.05, 3.63) is 59.7 Å². The fraction of sp³-hybridized carbons (Fsp3) is 0.552. The fourth-order valence-electron chi connectivity index (χ4n) is 5.75. The van der Waals surface area contributed by atoms with E-state index >= 15 is 0 Å². The van der Waals surface area contributed by atoms with Gasteiger partial charge >= 0.3 is 6.03 Å². The number of nitrogens with zero attached hydrogens (tertiary/aromatic N) is 2. The summed E-state index contributed by atoms with van der Waals surface area (Å²) in [5.74, 6) is -0.106. The lowest BCUT2D eigenvalue weighted by Crippen LogP contribution is -2.52. The summed E-state index contributed by atoms with van der Waals surface area (Å²) >= 11 is 0. The first-order chi connectivity index (χ1) is 17.3. The largest absolute Gasteiger partial charge is 0.390 e. The van der Waals surface area contributed by atoms with Crippen molar-refractivity contribution in [2.75, 3.05) is 39.9 Å². The number of benzene rings is 2. The maximum absolute atomic E-state index is 13.3. The van der Waals surface area contributed by atoms with E-state index in [-0.39, 0.29) is 18.5 Å². The first-order valence-electron chi connectivity index (χ1n) is 13.2. The number of hydrogen-bond acceptors (Lipinski definition) is 5. The highest BCUT2D eigenvalue weighted by Crippen LogP contribution is 2.43. The minimum Gasteiger partial charge on any atom is -0.390 e. The van der Waals surface area contributed by atoms with E-state index in [2.05, 4.69) is 37.3 Å². The number of nitrogens with two attached hydrogens (primary N) is 1. The summed E-state index contributed by atoms with van der Waals surface area (Å²) in [6, 6.07) is 16.0. The maximum atomic E-state index is 13.3. The summed E-state index contributed by atoms with van der Waals surface area (Å²) in [4.78, 5) is 16.8. The molecule has 0 spiro atoms. The summed E-state index contributed by atoms with van der Waals surface area (Å²) in [7, 11) is 1.70. The van der Waals surface area contributed by atoms with Gasteiger partial charge in [-0.15, -0.1) is 0 Å². The first-order valence-corrected chi connectivity index (χ1v) is 13.2. The summed E-state index contributed by atoms with van der Waals surface area (Å²) in [6.45, 7) is 4.47. The lowest BCUT2D eigenvalue weighted by atomic mass is 9.72. The second-order valence-corrected chi connectivity index (χ2v) is 10.5. The van der Waals surface area contributed by atoms with E-state index in [9.17, 15) is 15.0 Å². The molecule has 4 rings (SSSR count). The minimum atomic E-state index is -1.09. The number of piperidine rings is 1. The van der Waals surface area contributed by atoms with Crippen molar-refractivity contribution in [1.29, 1.82) is 0 Å². The van der Waals surface area contributed by atoms with Gasteiger partial charge < -0.3 is 30.5 Å². The summed E-state index contributed by atoms with van der Waals surface area (Å²) < 4.78 is 5.26. The molecule has 0 bridgehead atoms. The number of methoxy groups -OCH3 is 1. The lowest BCUT2D eigenvalue weighted by Gasteiger charge is -2.44. The number of β-amino-alcohol motifs (C(OH)–C–C–N with tert-alkyl or cyclic N) is 1. The number of likely N-dealkylation sites (tertiary alicyclic amines) is 2. The molecule has 2 aliphatic rings. The van der Waals surface area contributed by atoms with Crippen molar-refractivity contribution in [3.63, 3.8) is 0 Å². The molecule has 2 aromatic carbocycles. The van der Waals surface area contributed by atoms with Crippen LogP contribution in [0.15, 0.2) is 48.5 Å². The molecule has 7 heteroatoms. The predicted molar refractivity (Wildman–Crippen MR) is 141 cm³/mol. The van der Waals surface area contributed by atoms with Crippen LogP contribution in [0.3, 0.4) is 0 Å². The summed E-state index contributed by atoms with van der Waals surface area (Å²) in [6.07, 6.45) is 3.27. The average Bonchev–Trinajstić information content (AvgIpc) is 3.24. The molecular formula is C29H41N3O4. The van der Waals surface area contributed by atoms with Gasteiger partial charge in [0.05, 0.1) is 11.7 Å². The monoisotopic (exact) mass is 495 g/mol. The van der Waals surface area contributed by atoms with E-state index in [4.69, 9.17) is 10.5 Å². The van der Waals surface area contributed by atoms with Crippen molar-refractivity contribution < 1.29 is 19.7 Å². The smallest absolute Gasteiger partial charge is 0.320 e. The normalized spacial score (nSPS) is 24.1. The van der Waals surface area contributed by atoms with Gasteiger partial charge in [0.25, 0.3) is 0 Å². The van der Waals surface area contributed by atoms with Gasteiger partial charge in [-0.2, -0.15) is 0 Å². The van der Waals surface area contributed by atoms with Crippen molar-refractivity contribution in [1.82, 2.24) is 9.80 Å². The van der Waals surface area contributed by atoms with E-state index in [1.807, 2.05) is 23.1 Å². The molecule has 0 aliphatic carbocycles. The zero-order valence-electron chi connectivity index (χ0n) is 21.6. The maximum Gasteiger partial charge on any atom is 0.320 e. The van der Waals surface area contributed by atoms with E-state index < -0.39 is 17.7 Å². The molecule has 4 N–H and O–H groups in total. The number of aliphatic hydroxyl groups excluding tert-OH is 1. The van der Waals surface area contributed by atoms with Gasteiger partial charge in [0.15, 0.2) is 0 Å². The summed E-state index contributed by atoms with van der Waals surface area (Å²) in [5, 5.41) is 22.6. The van der Waals surface area contributed by atoms with Crippen LogP contribution in [0.4, 0.5) is 4.79 Å². The number of aryl methyl sites for hydroxylation is 1. The third-order valence-corrected chi connectivity index (χ3v) is 7.88. The average molecular weight is 496 g/mol. The van der Waals surface area contributed by atoms with Crippen LogP contribution in [0.2, 0.25) is 0 Å². The van der Waals surface area contributed by atoms with Gasteiger partial charge in [0.2, 0.25) is 0 Å². The number of aliphatic hydroxyl groups is 2. The number of carbonyl (C=O) groups is 1. The quantitative estimate of drug-likeness (QED) is 0.487. The highest BCUT2D eigenvalue weighted by Gasteiger charge is 2.43. The molecule has 7 nitrogen and oxygen atoms in total. The molecule has 0 saturated carbocycles. The molecule has 0 radical (unpaired) electrons. The molecule has 2 heterocycles. The number of amides is 2. The Kier molecular flexibility index (Phi) is 8.67. The van der Waals surface area contributed by atoms with Crippen LogP contribution in [0.1, 0.15) is 43.2 Å². The van der Waals surface area contributed by atoms with Crippen LogP contribution in [-0.4, -0.2) is 78.1 Å². The molecule has 2 saturated heterocycles. The second kappa shape index (κ2) is 11.7. The Morgan fingerprint density at radius 1 is 1.08 bits per heavy atom. The zero-order valence-corrected chi connectivity index (χ0v) is 21.6. The number of hydrogen-bond donors (Lipinski definition) is 3. The van der Waals surface area contributed by atoms with E-state index in [1.54, 1.807) is 12.0 Å². The molecule has 196 valence electrons. The third kappa shape index (κ3) is 5.75. The highest BCUT2D eigenvalue weighted by atomic mass is 16.5. The van der Waals surface area contributed by atoms with Gasteiger partial charge in [-0.05, 0) is 55.7 Å². The Hall–Kier alpha value is -2.45.